The van der Waals surface area contributed by atoms with Crippen molar-refractivity contribution in [2.45, 2.75) is 18.3 Å². The average molecular weight is 409 g/mol. The van der Waals surface area contributed by atoms with Crippen LogP contribution < -0.4 is 4.74 Å². The molecule has 1 amide bonds. The largest absolute Gasteiger partial charge is 0.484 e. The highest BCUT2D eigenvalue weighted by Gasteiger charge is 2.63. The molecule has 2 aromatic carbocycles. The molecule has 0 bridgehead atoms. The fourth-order valence-corrected chi connectivity index (χ4v) is 2.69. The Labute approximate surface area is 162 Å². The van der Waals surface area contributed by atoms with Crippen LogP contribution in [0.5, 0.6) is 5.75 Å². The first-order chi connectivity index (χ1) is 13.6. The third-order valence-electron chi connectivity index (χ3n) is 4.19. The molecule has 0 saturated carbocycles. The lowest BCUT2D eigenvalue weighted by Crippen LogP contribution is -2.57. The van der Waals surface area contributed by atoms with Gasteiger partial charge in [-0.15, -0.1) is 0 Å². The SMILES string of the molecule is O=C(COc1ccccc1)N1N=C(c2ccc([N+](=O)[O-])cc2)C[C@]1(O)C(F)(F)F. The smallest absolute Gasteiger partial charge is 0.438 e. The Morgan fingerprint density at radius 2 is 1.83 bits per heavy atom. The van der Waals surface area contributed by atoms with Gasteiger partial charge in [0.1, 0.15) is 5.75 Å². The van der Waals surface area contributed by atoms with Crippen LogP contribution >= 0.6 is 0 Å². The number of ether oxygens (including phenoxy) is 1. The van der Waals surface area contributed by atoms with Crippen LogP contribution in [-0.2, 0) is 4.79 Å². The number of nitro benzene ring substituents is 1. The number of hydrogen-bond acceptors (Lipinski definition) is 6. The molecule has 1 aliphatic heterocycles. The van der Waals surface area contributed by atoms with E-state index in [0.717, 1.165) is 12.1 Å². The molecule has 1 heterocycles. The first kappa shape index (κ1) is 20.3. The number of amides is 1. The molecule has 0 aliphatic carbocycles. The van der Waals surface area contributed by atoms with Gasteiger partial charge in [0.2, 0.25) is 0 Å². The van der Waals surface area contributed by atoms with E-state index in [2.05, 4.69) is 5.10 Å². The summed E-state index contributed by atoms with van der Waals surface area (Å²) in [6, 6.07) is 12.5. The fraction of sp³-hybridized carbons (Fsp3) is 0.222. The minimum atomic E-state index is -5.19. The van der Waals surface area contributed by atoms with Crippen LogP contribution in [0.2, 0.25) is 0 Å². The molecule has 0 saturated heterocycles. The summed E-state index contributed by atoms with van der Waals surface area (Å²) in [5.41, 5.74) is -3.95. The van der Waals surface area contributed by atoms with E-state index in [1.54, 1.807) is 18.2 Å². The van der Waals surface area contributed by atoms with Gasteiger partial charge in [-0.25, -0.2) is 0 Å². The number of benzene rings is 2. The highest BCUT2D eigenvalue weighted by atomic mass is 19.4. The number of alkyl halides is 3. The summed E-state index contributed by atoms with van der Waals surface area (Å²) in [5.74, 6) is -0.944. The second kappa shape index (κ2) is 7.51. The van der Waals surface area contributed by atoms with Gasteiger partial charge in [0.05, 0.1) is 17.1 Å². The van der Waals surface area contributed by atoms with Crippen molar-refractivity contribution < 1.29 is 32.7 Å². The number of nitrogens with zero attached hydrogens (tertiary/aromatic N) is 3. The van der Waals surface area contributed by atoms with Crippen molar-refractivity contribution in [3.05, 3.63) is 70.3 Å². The number of aliphatic hydroxyl groups is 1. The Balaban J connectivity index is 1.86. The molecule has 0 unspecified atom stereocenters. The van der Waals surface area contributed by atoms with Crippen LogP contribution in [0.25, 0.3) is 0 Å². The quantitative estimate of drug-likeness (QED) is 0.604. The van der Waals surface area contributed by atoms with Gasteiger partial charge in [-0.2, -0.15) is 23.3 Å². The van der Waals surface area contributed by atoms with E-state index in [4.69, 9.17) is 4.74 Å². The predicted molar refractivity (Wildman–Crippen MR) is 94.0 cm³/mol. The van der Waals surface area contributed by atoms with Crippen molar-refractivity contribution >= 4 is 17.3 Å². The Hall–Kier alpha value is -3.47. The number of nitro groups is 1. The van der Waals surface area contributed by atoms with Gasteiger partial charge in [-0.1, -0.05) is 18.2 Å². The Morgan fingerprint density at radius 1 is 1.21 bits per heavy atom. The Kier molecular flexibility index (Phi) is 5.25. The van der Waals surface area contributed by atoms with E-state index in [1.165, 1.54) is 24.3 Å². The second-order valence-corrected chi connectivity index (χ2v) is 6.15. The maximum Gasteiger partial charge on any atom is 0.438 e. The Bertz CT molecular complexity index is 947. The zero-order chi connectivity index (χ0) is 21.2. The van der Waals surface area contributed by atoms with Crippen molar-refractivity contribution in [1.29, 1.82) is 0 Å². The van der Waals surface area contributed by atoms with Gasteiger partial charge in [0, 0.05) is 12.1 Å². The first-order valence-corrected chi connectivity index (χ1v) is 8.24. The number of hydrogen-bond donors (Lipinski definition) is 1. The van der Waals surface area contributed by atoms with Crippen molar-refractivity contribution in [2.75, 3.05) is 6.61 Å². The van der Waals surface area contributed by atoms with E-state index in [-0.39, 0.29) is 27.7 Å². The summed E-state index contributed by atoms with van der Waals surface area (Å²) in [6.07, 6.45) is -6.22. The first-order valence-electron chi connectivity index (χ1n) is 8.24. The lowest BCUT2D eigenvalue weighted by Gasteiger charge is -2.32. The van der Waals surface area contributed by atoms with Crippen molar-refractivity contribution in [1.82, 2.24) is 5.01 Å². The van der Waals surface area contributed by atoms with Crippen LogP contribution in [0.1, 0.15) is 12.0 Å². The van der Waals surface area contributed by atoms with Gasteiger partial charge in [0.25, 0.3) is 17.3 Å². The zero-order valence-corrected chi connectivity index (χ0v) is 14.7. The molecule has 3 rings (SSSR count). The summed E-state index contributed by atoms with van der Waals surface area (Å²) in [6.45, 7) is -0.778. The molecule has 2 aromatic rings. The maximum absolute atomic E-state index is 13.5. The van der Waals surface area contributed by atoms with Crippen LogP contribution in [0.3, 0.4) is 0 Å². The molecule has 0 spiro atoms. The van der Waals surface area contributed by atoms with E-state index in [9.17, 15) is 33.2 Å². The molecule has 1 atom stereocenters. The summed E-state index contributed by atoms with van der Waals surface area (Å²) in [7, 11) is 0. The average Bonchev–Trinajstić information content (AvgIpc) is 3.06. The molecule has 8 nitrogen and oxygen atoms in total. The third-order valence-corrected chi connectivity index (χ3v) is 4.19. The zero-order valence-electron chi connectivity index (χ0n) is 14.7. The normalized spacial score (nSPS) is 19.0. The fourth-order valence-electron chi connectivity index (χ4n) is 2.69. The van der Waals surface area contributed by atoms with Crippen LogP contribution in [-0.4, -0.2) is 45.2 Å². The minimum Gasteiger partial charge on any atom is -0.484 e. The summed E-state index contributed by atoms with van der Waals surface area (Å²) < 4.78 is 45.7. The van der Waals surface area contributed by atoms with Crippen LogP contribution in [0, 0.1) is 10.1 Å². The molecule has 0 aromatic heterocycles. The standard InChI is InChI=1S/C18H14F3N3O5/c19-18(20,21)17(26)10-15(12-6-8-13(9-7-12)24(27)28)22-23(17)16(25)11-29-14-4-2-1-3-5-14/h1-9,26H,10-11H2/t17-/m0/s1. The van der Waals surface area contributed by atoms with Gasteiger partial charge in [0.15, 0.2) is 6.61 Å². The topological polar surface area (TPSA) is 105 Å². The summed E-state index contributed by atoms with van der Waals surface area (Å²) in [4.78, 5) is 22.4. The molecule has 11 heteroatoms. The molecule has 1 N–H and O–H groups in total. The molecule has 29 heavy (non-hydrogen) atoms. The highest BCUT2D eigenvalue weighted by Crippen LogP contribution is 2.41. The van der Waals surface area contributed by atoms with Crippen molar-refractivity contribution in [3.63, 3.8) is 0 Å². The number of carbonyl (C=O) groups excluding carboxylic acids is 1. The van der Waals surface area contributed by atoms with E-state index < -0.39 is 35.8 Å². The van der Waals surface area contributed by atoms with E-state index in [1.807, 2.05) is 0 Å². The molecule has 1 aliphatic rings. The Morgan fingerprint density at radius 3 is 2.38 bits per heavy atom. The number of non-ortho nitro benzene ring substituents is 1. The lowest BCUT2D eigenvalue weighted by atomic mass is 10.0. The predicted octanol–water partition coefficient (Wildman–Crippen LogP) is 2.86. The van der Waals surface area contributed by atoms with E-state index >= 15 is 0 Å². The molecule has 0 fully saturated rings. The van der Waals surface area contributed by atoms with Crippen LogP contribution in [0.15, 0.2) is 59.7 Å². The molecule has 0 radical (unpaired) electrons. The maximum atomic E-state index is 13.5. The third kappa shape index (κ3) is 4.04. The number of hydrazone groups is 1. The van der Waals surface area contributed by atoms with Crippen molar-refractivity contribution in [3.8, 4) is 5.75 Å². The van der Waals surface area contributed by atoms with Crippen molar-refractivity contribution in [2.24, 2.45) is 5.10 Å². The minimum absolute atomic E-state index is 0.0489. The number of halogens is 3. The second-order valence-electron chi connectivity index (χ2n) is 6.15. The van der Waals surface area contributed by atoms with Gasteiger partial charge in [-0.05, 0) is 29.8 Å². The monoisotopic (exact) mass is 409 g/mol. The number of carbonyl (C=O) groups is 1. The lowest BCUT2D eigenvalue weighted by molar-refractivity contribution is -0.384. The highest BCUT2D eigenvalue weighted by molar-refractivity contribution is 6.03. The molecular formula is C18H14F3N3O5. The van der Waals surface area contributed by atoms with E-state index in [0.29, 0.717) is 0 Å². The van der Waals surface area contributed by atoms with Gasteiger partial charge in [-0.3, -0.25) is 14.9 Å². The van der Waals surface area contributed by atoms with Crippen LogP contribution in [0.4, 0.5) is 18.9 Å². The summed E-state index contributed by atoms with van der Waals surface area (Å²) in [5, 5.41) is 24.5. The van der Waals surface area contributed by atoms with Gasteiger partial charge < -0.3 is 9.84 Å². The van der Waals surface area contributed by atoms with Gasteiger partial charge >= 0.3 is 6.18 Å². The molecule has 152 valence electrons. The summed E-state index contributed by atoms with van der Waals surface area (Å²) >= 11 is 0. The molecular weight excluding hydrogens is 395 g/mol. The number of rotatable bonds is 5. The number of para-hydroxylation sites is 1.